The number of methoxy groups -OCH3 is 1. The minimum absolute atomic E-state index is 0.328. The van der Waals surface area contributed by atoms with Gasteiger partial charge in [-0.25, -0.2) is 8.42 Å². The van der Waals surface area contributed by atoms with Gasteiger partial charge in [0.1, 0.15) is 11.8 Å². The van der Waals surface area contributed by atoms with Crippen LogP contribution in [-0.4, -0.2) is 39.6 Å². The third-order valence-corrected chi connectivity index (χ3v) is 5.27. The number of hydrogen-bond acceptors (Lipinski definition) is 5. The maximum absolute atomic E-state index is 12.5. The van der Waals surface area contributed by atoms with Gasteiger partial charge in [0.15, 0.2) is 0 Å². The zero-order valence-electron chi connectivity index (χ0n) is 14.8. The summed E-state index contributed by atoms with van der Waals surface area (Å²) in [5.74, 6) is -0.605. The summed E-state index contributed by atoms with van der Waals surface area (Å²) < 4.78 is 30.8. The molecular weight excluding hydrogens is 370 g/mol. The molecule has 0 fully saturated rings. The van der Waals surface area contributed by atoms with Gasteiger partial charge in [0.05, 0.1) is 36.8 Å². The van der Waals surface area contributed by atoms with Crippen LogP contribution in [0.2, 0.25) is 0 Å². The fourth-order valence-electron chi connectivity index (χ4n) is 2.97. The summed E-state index contributed by atoms with van der Waals surface area (Å²) in [6.07, 6.45) is 0.665. The molecule has 0 radical (unpaired) electrons. The Balaban J connectivity index is 1.88. The first-order valence-corrected chi connectivity index (χ1v) is 9.98. The zero-order chi connectivity index (χ0) is 19.6. The number of carbonyl (C=O) groups is 2. The molecule has 1 unspecified atom stereocenters. The van der Waals surface area contributed by atoms with E-state index in [1.165, 1.54) is 7.11 Å². The zero-order valence-corrected chi connectivity index (χ0v) is 15.6. The van der Waals surface area contributed by atoms with E-state index in [4.69, 9.17) is 4.74 Å². The molecule has 0 saturated carbocycles. The lowest BCUT2D eigenvalue weighted by Gasteiger charge is -2.35. The summed E-state index contributed by atoms with van der Waals surface area (Å²) in [4.78, 5) is 25.0. The fourth-order valence-corrected chi connectivity index (χ4v) is 4.12. The molecular formula is C18H19N3O5S. The number of carbonyl (C=O) groups excluding carboxylic acids is 2. The van der Waals surface area contributed by atoms with Crippen LogP contribution in [-0.2, 0) is 19.6 Å². The Kier molecular flexibility index (Phi) is 5.04. The first-order chi connectivity index (χ1) is 12.8. The third-order valence-electron chi connectivity index (χ3n) is 4.10. The van der Waals surface area contributed by atoms with E-state index in [0.717, 1.165) is 10.6 Å². The number of rotatable bonds is 5. The summed E-state index contributed by atoms with van der Waals surface area (Å²) in [7, 11) is -2.31. The Bertz CT molecular complexity index is 990. The third kappa shape index (κ3) is 3.87. The molecule has 0 saturated heterocycles. The fraction of sp³-hybridized carbons (Fsp3) is 0.222. The van der Waals surface area contributed by atoms with Crippen molar-refractivity contribution in [1.29, 1.82) is 0 Å². The Labute approximate surface area is 157 Å². The summed E-state index contributed by atoms with van der Waals surface area (Å²) in [5, 5.41) is 5.31. The monoisotopic (exact) mass is 389 g/mol. The molecule has 0 spiro atoms. The summed E-state index contributed by atoms with van der Waals surface area (Å²) in [5.41, 5.74) is 1.15. The molecule has 2 aromatic carbocycles. The van der Waals surface area contributed by atoms with Crippen molar-refractivity contribution in [3.05, 3.63) is 48.5 Å². The van der Waals surface area contributed by atoms with Crippen molar-refractivity contribution in [3.8, 4) is 5.75 Å². The number of sulfonamides is 1. The van der Waals surface area contributed by atoms with E-state index in [1.54, 1.807) is 48.5 Å². The van der Waals surface area contributed by atoms with Crippen LogP contribution in [0.3, 0.4) is 0 Å². The number of para-hydroxylation sites is 4. The van der Waals surface area contributed by atoms with Gasteiger partial charge < -0.3 is 15.4 Å². The molecule has 1 heterocycles. The Morgan fingerprint density at radius 3 is 2.56 bits per heavy atom. The van der Waals surface area contributed by atoms with Gasteiger partial charge in [-0.05, 0) is 24.3 Å². The summed E-state index contributed by atoms with van der Waals surface area (Å²) in [6.45, 7) is 0. The SMILES string of the molecule is COc1ccccc1NC(=O)CC1C(=O)Nc2ccccc2N1S(C)(=O)=O. The summed E-state index contributed by atoms with van der Waals surface area (Å²) >= 11 is 0. The molecule has 1 aliphatic rings. The minimum Gasteiger partial charge on any atom is -0.495 e. The average molecular weight is 389 g/mol. The van der Waals surface area contributed by atoms with E-state index < -0.39 is 27.9 Å². The highest BCUT2D eigenvalue weighted by atomic mass is 32.2. The number of nitrogens with zero attached hydrogens (tertiary/aromatic N) is 1. The van der Waals surface area contributed by atoms with E-state index in [1.807, 2.05) is 0 Å². The van der Waals surface area contributed by atoms with Crippen molar-refractivity contribution in [1.82, 2.24) is 0 Å². The molecule has 1 aliphatic heterocycles. The van der Waals surface area contributed by atoms with Crippen LogP contribution in [0.25, 0.3) is 0 Å². The maximum atomic E-state index is 12.5. The van der Waals surface area contributed by atoms with Gasteiger partial charge in [0, 0.05) is 0 Å². The lowest BCUT2D eigenvalue weighted by atomic mass is 10.1. The molecule has 27 heavy (non-hydrogen) atoms. The van der Waals surface area contributed by atoms with Crippen LogP contribution in [0.1, 0.15) is 6.42 Å². The van der Waals surface area contributed by atoms with Crippen molar-refractivity contribution in [2.24, 2.45) is 0 Å². The second-order valence-corrected chi connectivity index (χ2v) is 7.89. The predicted octanol–water partition coefficient (Wildman–Crippen LogP) is 1.81. The molecule has 1 atom stereocenters. The van der Waals surface area contributed by atoms with Crippen molar-refractivity contribution >= 4 is 38.9 Å². The smallest absolute Gasteiger partial charge is 0.248 e. The molecule has 142 valence electrons. The van der Waals surface area contributed by atoms with E-state index in [9.17, 15) is 18.0 Å². The van der Waals surface area contributed by atoms with Crippen LogP contribution in [0.15, 0.2) is 48.5 Å². The van der Waals surface area contributed by atoms with Crippen LogP contribution < -0.4 is 19.7 Å². The molecule has 2 aromatic rings. The number of fused-ring (bicyclic) bond motifs is 1. The normalized spacial score (nSPS) is 16.3. The second kappa shape index (κ2) is 7.28. The number of hydrogen-bond donors (Lipinski definition) is 2. The highest BCUT2D eigenvalue weighted by molar-refractivity contribution is 7.92. The standard InChI is InChI=1S/C18H19N3O5S/c1-26-16-10-6-4-8-13(16)19-17(22)11-15-18(23)20-12-7-3-5-9-14(12)21(15)27(2,24)25/h3-10,15H,11H2,1-2H3,(H,19,22)(H,20,23). The van der Waals surface area contributed by atoms with Crippen LogP contribution in [0, 0.1) is 0 Å². The van der Waals surface area contributed by atoms with Crippen molar-refractivity contribution in [2.75, 3.05) is 28.3 Å². The second-order valence-electron chi connectivity index (χ2n) is 6.03. The van der Waals surface area contributed by atoms with Crippen LogP contribution >= 0.6 is 0 Å². The number of amides is 2. The molecule has 9 heteroatoms. The summed E-state index contributed by atoms with van der Waals surface area (Å²) in [6, 6.07) is 12.2. The number of benzene rings is 2. The molecule has 0 aliphatic carbocycles. The van der Waals surface area contributed by atoms with Crippen molar-refractivity contribution in [2.45, 2.75) is 12.5 Å². The molecule has 8 nitrogen and oxygen atoms in total. The largest absolute Gasteiger partial charge is 0.495 e. The van der Waals surface area contributed by atoms with Gasteiger partial charge in [0.25, 0.3) is 0 Å². The molecule has 2 amide bonds. The van der Waals surface area contributed by atoms with Gasteiger partial charge in [-0.2, -0.15) is 0 Å². The minimum atomic E-state index is -3.78. The van der Waals surface area contributed by atoms with Crippen molar-refractivity contribution in [3.63, 3.8) is 0 Å². The van der Waals surface area contributed by atoms with E-state index >= 15 is 0 Å². The lowest BCUT2D eigenvalue weighted by molar-refractivity contribution is -0.122. The number of nitrogens with one attached hydrogen (secondary N) is 2. The number of anilines is 3. The van der Waals surface area contributed by atoms with Crippen LogP contribution in [0.5, 0.6) is 5.75 Å². The molecule has 0 aromatic heterocycles. The number of ether oxygens (including phenoxy) is 1. The van der Waals surface area contributed by atoms with Gasteiger partial charge in [-0.3, -0.25) is 13.9 Å². The molecule has 0 bridgehead atoms. The van der Waals surface area contributed by atoms with Gasteiger partial charge >= 0.3 is 0 Å². The van der Waals surface area contributed by atoms with Gasteiger partial charge in [-0.1, -0.05) is 24.3 Å². The maximum Gasteiger partial charge on any atom is 0.248 e. The van der Waals surface area contributed by atoms with Gasteiger partial charge in [-0.15, -0.1) is 0 Å². The van der Waals surface area contributed by atoms with Crippen LogP contribution in [0.4, 0.5) is 17.1 Å². The topological polar surface area (TPSA) is 105 Å². The molecule has 2 N–H and O–H groups in total. The first-order valence-electron chi connectivity index (χ1n) is 8.13. The van der Waals surface area contributed by atoms with Gasteiger partial charge in [0.2, 0.25) is 21.8 Å². The molecule has 3 rings (SSSR count). The van der Waals surface area contributed by atoms with Crippen molar-refractivity contribution < 1.29 is 22.7 Å². The van der Waals surface area contributed by atoms with E-state index in [-0.39, 0.29) is 6.42 Å². The highest BCUT2D eigenvalue weighted by Crippen LogP contribution is 2.34. The highest BCUT2D eigenvalue weighted by Gasteiger charge is 2.39. The average Bonchev–Trinajstić information content (AvgIpc) is 2.61. The predicted molar refractivity (Wildman–Crippen MR) is 102 cm³/mol. The van der Waals surface area contributed by atoms with E-state index in [2.05, 4.69) is 10.6 Å². The lowest BCUT2D eigenvalue weighted by Crippen LogP contribution is -2.52. The Morgan fingerprint density at radius 2 is 1.85 bits per heavy atom. The van der Waals surface area contributed by atoms with E-state index in [0.29, 0.717) is 22.8 Å². The Morgan fingerprint density at radius 1 is 1.19 bits per heavy atom. The Hall–Kier alpha value is -3.07. The quantitative estimate of drug-likeness (QED) is 0.811. The first kappa shape index (κ1) is 18.7.